The number of hydrogen-bond acceptors (Lipinski definition) is 9. The van der Waals surface area contributed by atoms with Gasteiger partial charge in [0.05, 0.1) is 12.8 Å². The second-order valence-electron chi connectivity index (χ2n) is 6.76. The molecule has 164 valence electrons. The summed E-state index contributed by atoms with van der Waals surface area (Å²) in [5.41, 5.74) is 1.77. The third-order valence-corrected chi connectivity index (χ3v) is 5.02. The number of nitro groups is 1. The molecule has 32 heavy (non-hydrogen) atoms. The summed E-state index contributed by atoms with van der Waals surface area (Å²) in [7, 11) is 1.54. The number of imidazole rings is 1. The zero-order valence-corrected chi connectivity index (χ0v) is 18.1. The van der Waals surface area contributed by atoms with Crippen molar-refractivity contribution in [1.82, 2.24) is 24.6 Å². The van der Waals surface area contributed by atoms with Gasteiger partial charge in [0.1, 0.15) is 34.4 Å². The molecule has 0 fully saturated rings. The third kappa shape index (κ3) is 4.23. The van der Waals surface area contributed by atoms with Gasteiger partial charge in [-0.1, -0.05) is 16.1 Å². The van der Waals surface area contributed by atoms with Gasteiger partial charge < -0.3 is 24.9 Å². The average Bonchev–Trinajstić information content (AvgIpc) is 3.19. The van der Waals surface area contributed by atoms with Crippen LogP contribution in [0.25, 0.3) is 5.65 Å². The Morgan fingerprint density at radius 2 is 2.03 bits per heavy atom. The van der Waals surface area contributed by atoms with Crippen LogP contribution in [0.15, 0.2) is 36.5 Å². The van der Waals surface area contributed by atoms with Gasteiger partial charge in [-0.3, -0.25) is 0 Å². The first kappa shape index (κ1) is 21.2. The second kappa shape index (κ2) is 8.63. The molecule has 0 spiro atoms. The van der Waals surface area contributed by atoms with Crippen LogP contribution in [0, 0.1) is 24.0 Å². The maximum Gasteiger partial charge on any atom is 0.368 e. The van der Waals surface area contributed by atoms with Crippen LogP contribution >= 0.6 is 11.6 Å². The number of nitrogens with one attached hydrogen (secondary N) is 1. The van der Waals surface area contributed by atoms with Crippen LogP contribution in [0.5, 0.6) is 17.4 Å². The first-order chi connectivity index (χ1) is 15.4. The summed E-state index contributed by atoms with van der Waals surface area (Å²) in [6.45, 7) is 3.93. The molecule has 0 aliphatic carbocycles. The van der Waals surface area contributed by atoms with Crippen LogP contribution in [-0.2, 0) is 6.54 Å². The van der Waals surface area contributed by atoms with E-state index in [0.717, 1.165) is 16.3 Å². The third-order valence-electron chi connectivity index (χ3n) is 4.57. The maximum atomic E-state index is 11.2. The monoisotopic (exact) mass is 455 g/mol. The van der Waals surface area contributed by atoms with E-state index in [4.69, 9.17) is 21.1 Å². The van der Waals surface area contributed by atoms with Crippen LogP contribution in [0.2, 0.25) is 5.02 Å². The fourth-order valence-electron chi connectivity index (χ4n) is 3.03. The van der Waals surface area contributed by atoms with Crippen molar-refractivity contribution in [3.63, 3.8) is 0 Å². The molecule has 11 nitrogen and oxygen atoms in total. The number of ether oxygens (including phenoxy) is 2. The lowest BCUT2D eigenvalue weighted by molar-refractivity contribution is -0.391. The lowest BCUT2D eigenvalue weighted by atomic mass is 10.2. The van der Waals surface area contributed by atoms with Crippen molar-refractivity contribution in [1.29, 1.82) is 0 Å². The molecule has 0 saturated carbocycles. The number of rotatable bonds is 7. The standard InChI is InChI=1S/C20H18ClN7O4/c1-11-19(21)20(25-12(2)24-11)23-9-13-4-5-14(31-3)8-15(13)32-17-7-6-16-22-10-18(28(29)30)27(16)26-17/h4-8,10H,9H2,1-3H3,(H,23,24,25). The number of methoxy groups -OCH3 is 1. The molecule has 0 saturated heterocycles. The summed E-state index contributed by atoms with van der Waals surface area (Å²) in [6.07, 6.45) is 1.14. The van der Waals surface area contributed by atoms with E-state index in [0.29, 0.717) is 46.0 Å². The minimum atomic E-state index is -0.562. The Morgan fingerprint density at radius 1 is 1.22 bits per heavy atom. The van der Waals surface area contributed by atoms with E-state index in [2.05, 4.69) is 25.4 Å². The number of aromatic nitrogens is 5. The van der Waals surface area contributed by atoms with E-state index < -0.39 is 4.92 Å². The molecule has 1 N–H and O–H groups in total. The molecule has 0 unspecified atom stereocenters. The molecule has 0 aliphatic heterocycles. The number of halogens is 1. The smallest absolute Gasteiger partial charge is 0.368 e. The van der Waals surface area contributed by atoms with Crippen LogP contribution in [0.3, 0.4) is 0 Å². The van der Waals surface area contributed by atoms with E-state index in [1.165, 1.54) is 0 Å². The highest BCUT2D eigenvalue weighted by atomic mass is 35.5. The van der Waals surface area contributed by atoms with Gasteiger partial charge >= 0.3 is 5.82 Å². The molecule has 0 amide bonds. The lowest BCUT2D eigenvalue weighted by Gasteiger charge is -2.14. The summed E-state index contributed by atoms with van der Waals surface area (Å²) in [5.74, 6) is 2.02. The Balaban J connectivity index is 1.65. The molecule has 1 aromatic carbocycles. The van der Waals surface area contributed by atoms with Crippen molar-refractivity contribution in [3.05, 3.63) is 68.7 Å². The van der Waals surface area contributed by atoms with Crippen molar-refractivity contribution >= 4 is 28.9 Å². The van der Waals surface area contributed by atoms with Crippen molar-refractivity contribution in [3.8, 4) is 17.4 Å². The highest BCUT2D eigenvalue weighted by Crippen LogP contribution is 2.31. The normalized spacial score (nSPS) is 10.9. The molecule has 12 heteroatoms. The van der Waals surface area contributed by atoms with Crippen molar-refractivity contribution < 1.29 is 14.4 Å². The number of aryl methyl sites for hydroxylation is 2. The fourth-order valence-corrected chi connectivity index (χ4v) is 3.19. The molecule has 4 aromatic rings. The lowest BCUT2D eigenvalue weighted by Crippen LogP contribution is -2.07. The quantitative estimate of drug-likeness (QED) is 0.323. The van der Waals surface area contributed by atoms with E-state index >= 15 is 0 Å². The van der Waals surface area contributed by atoms with Crippen molar-refractivity contribution in [2.75, 3.05) is 12.4 Å². The summed E-state index contributed by atoms with van der Waals surface area (Å²) >= 11 is 6.32. The predicted molar refractivity (Wildman–Crippen MR) is 117 cm³/mol. The zero-order chi connectivity index (χ0) is 22.8. The predicted octanol–water partition coefficient (Wildman–Crippen LogP) is 4.11. The maximum absolute atomic E-state index is 11.2. The molecule has 3 heterocycles. The Hall–Kier alpha value is -3.99. The number of hydrogen-bond donors (Lipinski definition) is 1. The van der Waals surface area contributed by atoms with Gasteiger partial charge in [-0.2, -0.15) is 0 Å². The van der Waals surface area contributed by atoms with Gasteiger partial charge in [0.2, 0.25) is 5.65 Å². The Kier molecular flexibility index (Phi) is 5.73. The second-order valence-corrected chi connectivity index (χ2v) is 7.14. The first-order valence-corrected chi connectivity index (χ1v) is 9.82. The highest BCUT2D eigenvalue weighted by molar-refractivity contribution is 6.33. The van der Waals surface area contributed by atoms with Crippen LogP contribution < -0.4 is 14.8 Å². The molecule has 4 rings (SSSR count). The fraction of sp³-hybridized carbons (Fsp3) is 0.200. The molecule has 0 aliphatic rings. The van der Waals surface area contributed by atoms with Gasteiger partial charge in [0.25, 0.3) is 5.88 Å². The van der Waals surface area contributed by atoms with Gasteiger partial charge in [0, 0.05) is 30.3 Å². The molecule has 0 atom stereocenters. The molecular weight excluding hydrogens is 438 g/mol. The van der Waals surface area contributed by atoms with E-state index in [-0.39, 0.29) is 11.7 Å². The average molecular weight is 456 g/mol. The highest BCUT2D eigenvalue weighted by Gasteiger charge is 2.18. The van der Waals surface area contributed by atoms with Crippen LogP contribution in [-0.4, -0.2) is 36.6 Å². The Labute approximate surface area is 187 Å². The number of benzene rings is 1. The molecule has 3 aromatic heterocycles. The van der Waals surface area contributed by atoms with Crippen molar-refractivity contribution in [2.45, 2.75) is 20.4 Å². The summed E-state index contributed by atoms with van der Waals surface area (Å²) in [5, 5.41) is 19.0. The van der Waals surface area contributed by atoms with Gasteiger partial charge in [-0.15, -0.1) is 0 Å². The summed E-state index contributed by atoms with van der Waals surface area (Å²) in [4.78, 5) is 23.2. The Bertz CT molecular complexity index is 1330. The Morgan fingerprint density at radius 3 is 2.78 bits per heavy atom. The summed E-state index contributed by atoms with van der Waals surface area (Å²) in [6, 6.07) is 8.48. The molecular formula is C20H18ClN7O4. The molecule has 0 radical (unpaired) electrons. The van der Waals surface area contributed by atoms with Crippen molar-refractivity contribution in [2.24, 2.45) is 0 Å². The largest absolute Gasteiger partial charge is 0.497 e. The minimum absolute atomic E-state index is 0.153. The van der Waals surface area contributed by atoms with Crippen LogP contribution in [0.4, 0.5) is 11.6 Å². The zero-order valence-electron chi connectivity index (χ0n) is 17.4. The first-order valence-electron chi connectivity index (χ1n) is 9.44. The summed E-state index contributed by atoms with van der Waals surface area (Å²) < 4.78 is 12.4. The number of anilines is 1. The number of nitrogens with zero attached hydrogens (tertiary/aromatic N) is 6. The van der Waals surface area contributed by atoms with E-state index in [1.54, 1.807) is 45.2 Å². The topological polar surface area (TPSA) is 130 Å². The number of fused-ring (bicyclic) bond motifs is 1. The van der Waals surface area contributed by atoms with E-state index in [9.17, 15) is 10.1 Å². The van der Waals surface area contributed by atoms with Gasteiger partial charge in [-0.05, 0) is 36.0 Å². The minimum Gasteiger partial charge on any atom is -0.497 e. The SMILES string of the molecule is COc1ccc(CNc2nc(C)nc(C)c2Cl)c(Oc2ccc3ncc([N+](=O)[O-])n3n2)c1. The van der Waals surface area contributed by atoms with E-state index in [1.807, 2.05) is 6.07 Å². The van der Waals surface area contributed by atoms with Gasteiger partial charge in [-0.25, -0.2) is 15.0 Å². The van der Waals surface area contributed by atoms with Gasteiger partial charge in [0.15, 0.2) is 0 Å². The molecule has 0 bridgehead atoms. The van der Waals surface area contributed by atoms with Crippen LogP contribution in [0.1, 0.15) is 17.1 Å².